The molecule has 2 aromatic carbocycles. The molecule has 4 heteroatoms. The topological polar surface area (TPSA) is 29.5 Å². The van der Waals surface area contributed by atoms with E-state index in [9.17, 15) is 9.18 Å². The van der Waals surface area contributed by atoms with Gasteiger partial charge in [0.15, 0.2) is 0 Å². The number of carbonyl (C=O) groups excluding carboxylic acids is 1. The van der Waals surface area contributed by atoms with Gasteiger partial charge in [0.1, 0.15) is 11.9 Å². The Bertz CT molecular complexity index is 700. The number of halogens is 1. The van der Waals surface area contributed by atoms with Gasteiger partial charge in [-0.15, -0.1) is 0 Å². The summed E-state index contributed by atoms with van der Waals surface area (Å²) in [6, 6.07) is 16.3. The minimum absolute atomic E-state index is 0.0887. The van der Waals surface area contributed by atoms with Crippen molar-refractivity contribution in [2.24, 2.45) is 5.92 Å². The van der Waals surface area contributed by atoms with Crippen molar-refractivity contribution in [3.63, 3.8) is 0 Å². The smallest absolute Gasteiger partial charge is 0.230 e. The zero-order chi connectivity index (χ0) is 17.8. The summed E-state index contributed by atoms with van der Waals surface area (Å²) in [4.78, 5) is 15.1. The van der Waals surface area contributed by atoms with Crippen molar-refractivity contribution < 1.29 is 13.9 Å². The molecule has 1 saturated heterocycles. The predicted molar refractivity (Wildman–Crippen MR) is 95.7 cm³/mol. The van der Waals surface area contributed by atoms with E-state index in [0.717, 1.165) is 11.1 Å². The summed E-state index contributed by atoms with van der Waals surface area (Å²) in [6.45, 7) is 5.72. The van der Waals surface area contributed by atoms with Crippen LogP contribution >= 0.6 is 0 Å². The highest BCUT2D eigenvalue weighted by Crippen LogP contribution is 2.30. The number of hydrogen-bond donors (Lipinski definition) is 0. The molecule has 1 aliphatic rings. The summed E-state index contributed by atoms with van der Waals surface area (Å²) in [5, 5.41) is 0. The van der Waals surface area contributed by atoms with Crippen LogP contribution in [-0.2, 0) is 9.53 Å². The van der Waals surface area contributed by atoms with E-state index >= 15 is 0 Å². The zero-order valence-electron chi connectivity index (χ0n) is 14.7. The summed E-state index contributed by atoms with van der Waals surface area (Å²) >= 11 is 0. The van der Waals surface area contributed by atoms with Gasteiger partial charge in [-0.2, -0.15) is 0 Å². The monoisotopic (exact) mass is 341 g/mol. The van der Waals surface area contributed by atoms with E-state index in [0.29, 0.717) is 19.7 Å². The lowest BCUT2D eigenvalue weighted by molar-refractivity contribution is -0.141. The molecule has 0 bridgehead atoms. The van der Waals surface area contributed by atoms with E-state index in [4.69, 9.17) is 4.74 Å². The lowest BCUT2D eigenvalue weighted by atomic mass is 9.87. The summed E-state index contributed by atoms with van der Waals surface area (Å²) in [6.07, 6.45) is -0.0973. The van der Waals surface area contributed by atoms with Crippen LogP contribution in [0.25, 0.3) is 0 Å². The molecule has 25 heavy (non-hydrogen) atoms. The molecule has 1 heterocycles. The molecule has 132 valence electrons. The Labute approximate surface area is 148 Å². The number of hydrogen-bond acceptors (Lipinski definition) is 2. The number of carbonyl (C=O) groups is 1. The molecular formula is C21H24FNO2. The highest BCUT2D eigenvalue weighted by Gasteiger charge is 2.32. The van der Waals surface area contributed by atoms with Crippen LogP contribution in [0, 0.1) is 11.7 Å². The number of ether oxygens (including phenoxy) is 1. The van der Waals surface area contributed by atoms with Crippen LogP contribution in [0.15, 0.2) is 54.6 Å². The summed E-state index contributed by atoms with van der Waals surface area (Å²) in [5.41, 5.74) is 1.95. The van der Waals surface area contributed by atoms with E-state index in [1.807, 2.05) is 49.1 Å². The first-order chi connectivity index (χ1) is 12.1. The maximum atomic E-state index is 13.2. The fourth-order valence-electron chi connectivity index (χ4n) is 3.40. The fourth-order valence-corrected chi connectivity index (χ4v) is 3.40. The third kappa shape index (κ3) is 4.07. The minimum Gasteiger partial charge on any atom is -0.370 e. The summed E-state index contributed by atoms with van der Waals surface area (Å²) < 4.78 is 19.1. The van der Waals surface area contributed by atoms with Crippen molar-refractivity contribution in [2.75, 3.05) is 19.7 Å². The largest absolute Gasteiger partial charge is 0.370 e. The second-order valence-corrected chi connectivity index (χ2v) is 6.83. The third-order valence-corrected chi connectivity index (χ3v) is 4.71. The Hall–Kier alpha value is -2.20. The van der Waals surface area contributed by atoms with E-state index in [1.54, 1.807) is 12.1 Å². The summed E-state index contributed by atoms with van der Waals surface area (Å²) in [7, 11) is 0. The molecule has 3 rings (SSSR count). The van der Waals surface area contributed by atoms with Gasteiger partial charge in [-0.25, -0.2) is 4.39 Å². The van der Waals surface area contributed by atoms with Crippen molar-refractivity contribution in [2.45, 2.75) is 25.9 Å². The number of rotatable bonds is 4. The number of nitrogens with zero attached hydrogens (tertiary/aromatic N) is 1. The van der Waals surface area contributed by atoms with Gasteiger partial charge in [-0.3, -0.25) is 4.79 Å². The van der Waals surface area contributed by atoms with Crippen LogP contribution in [0.5, 0.6) is 0 Å². The fraction of sp³-hybridized carbons (Fsp3) is 0.381. The number of amides is 1. The van der Waals surface area contributed by atoms with Crippen LogP contribution in [-0.4, -0.2) is 30.5 Å². The lowest BCUT2D eigenvalue weighted by Gasteiger charge is -2.36. The number of morpholine rings is 1. The molecule has 3 nitrogen and oxygen atoms in total. The molecule has 0 radical (unpaired) electrons. The molecule has 0 aliphatic carbocycles. The molecule has 2 aromatic rings. The SMILES string of the molecule is CC(C)C(C(=O)N1CCOC(c2ccccc2)C1)c1ccc(F)cc1. The standard InChI is InChI=1S/C21H24FNO2/c1-15(2)20(17-8-10-18(22)11-9-17)21(24)23-12-13-25-19(14-23)16-6-4-3-5-7-16/h3-11,15,19-20H,12-14H2,1-2H3. The van der Waals surface area contributed by atoms with Crippen molar-refractivity contribution in [1.29, 1.82) is 0 Å². The molecule has 0 spiro atoms. The van der Waals surface area contributed by atoms with E-state index in [-0.39, 0.29) is 29.7 Å². The second kappa shape index (κ2) is 7.79. The van der Waals surface area contributed by atoms with Gasteiger partial charge in [-0.05, 0) is 29.2 Å². The molecule has 0 N–H and O–H groups in total. The molecule has 1 fully saturated rings. The average Bonchev–Trinajstić information content (AvgIpc) is 2.64. The maximum absolute atomic E-state index is 13.2. The average molecular weight is 341 g/mol. The van der Waals surface area contributed by atoms with E-state index in [2.05, 4.69) is 0 Å². The van der Waals surface area contributed by atoms with Gasteiger partial charge < -0.3 is 9.64 Å². The highest BCUT2D eigenvalue weighted by atomic mass is 19.1. The van der Waals surface area contributed by atoms with Crippen LogP contribution in [0.1, 0.15) is 37.0 Å². The number of benzene rings is 2. The third-order valence-electron chi connectivity index (χ3n) is 4.71. The first-order valence-electron chi connectivity index (χ1n) is 8.77. The molecule has 1 aliphatic heterocycles. The van der Waals surface area contributed by atoms with Crippen LogP contribution < -0.4 is 0 Å². The van der Waals surface area contributed by atoms with Gasteiger partial charge in [0.25, 0.3) is 0 Å². The van der Waals surface area contributed by atoms with Crippen LogP contribution in [0.3, 0.4) is 0 Å². The Balaban J connectivity index is 1.78. The molecule has 1 amide bonds. The summed E-state index contributed by atoms with van der Waals surface area (Å²) in [5.74, 6) is -0.328. The van der Waals surface area contributed by atoms with Crippen molar-refractivity contribution in [3.8, 4) is 0 Å². The molecule has 0 aromatic heterocycles. The van der Waals surface area contributed by atoms with E-state index < -0.39 is 0 Å². The van der Waals surface area contributed by atoms with Crippen LogP contribution in [0.4, 0.5) is 4.39 Å². The lowest BCUT2D eigenvalue weighted by Crippen LogP contribution is -2.45. The first-order valence-corrected chi connectivity index (χ1v) is 8.77. The Morgan fingerprint density at radius 1 is 1.12 bits per heavy atom. The quantitative estimate of drug-likeness (QED) is 0.835. The predicted octanol–water partition coefficient (Wildman–Crippen LogP) is 4.17. The van der Waals surface area contributed by atoms with Gasteiger partial charge in [0.05, 0.1) is 19.1 Å². The van der Waals surface area contributed by atoms with Crippen molar-refractivity contribution >= 4 is 5.91 Å². The molecule has 0 saturated carbocycles. The first kappa shape index (κ1) is 17.6. The molecule has 2 unspecified atom stereocenters. The Kier molecular flexibility index (Phi) is 5.49. The Morgan fingerprint density at radius 2 is 1.80 bits per heavy atom. The molecule has 2 atom stereocenters. The van der Waals surface area contributed by atoms with Crippen molar-refractivity contribution in [3.05, 3.63) is 71.5 Å². The van der Waals surface area contributed by atoms with Gasteiger partial charge in [-0.1, -0.05) is 56.3 Å². The zero-order valence-corrected chi connectivity index (χ0v) is 14.7. The Morgan fingerprint density at radius 3 is 2.44 bits per heavy atom. The van der Waals surface area contributed by atoms with Gasteiger partial charge in [0, 0.05) is 6.54 Å². The minimum atomic E-state index is -0.283. The van der Waals surface area contributed by atoms with Crippen LogP contribution in [0.2, 0.25) is 0 Å². The van der Waals surface area contributed by atoms with Gasteiger partial charge >= 0.3 is 0 Å². The van der Waals surface area contributed by atoms with Gasteiger partial charge in [0.2, 0.25) is 5.91 Å². The van der Waals surface area contributed by atoms with E-state index in [1.165, 1.54) is 12.1 Å². The second-order valence-electron chi connectivity index (χ2n) is 6.83. The van der Waals surface area contributed by atoms with Crippen molar-refractivity contribution in [1.82, 2.24) is 4.90 Å². The molecular weight excluding hydrogens is 317 g/mol. The highest BCUT2D eigenvalue weighted by molar-refractivity contribution is 5.84. The normalized spacial score (nSPS) is 19.0. The maximum Gasteiger partial charge on any atom is 0.230 e.